The van der Waals surface area contributed by atoms with Crippen LogP contribution in [0.2, 0.25) is 5.02 Å². The zero-order chi connectivity index (χ0) is 25.1. The highest BCUT2D eigenvalue weighted by Crippen LogP contribution is 2.27. The van der Waals surface area contributed by atoms with Crippen LogP contribution in [0.3, 0.4) is 0 Å². The zero-order valence-electron chi connectivity index (χ0n) is 19.6. The van der Waals surface area contributed by atoms with Crippen molar-refractivity contribution in [3.8, 4) is 22.1 Å². The third kappa shape index (κ3) is 5.51. The molecule has 0 unspecified atom stereocenters. The molecule has 0 atom stereocenters. The van der Waals surface area contributed by atoms with Crippen molar-refractivity contribution in [2.24, 2.45) is 0 Å². The summed E-state index contributed by atoms with van der Waals surface area (Å²) < 4.78 is 12.2. The summed E-state index contributed by atoms with van der Waals surface area (Å²) in [6.07, 6.45) is 0. The fourth-order valence-electron chi connectivity index (χ4n) is 3.96. The SMILES string of the molecule is COc1cccc(-c2nn3c(=O)cc(CN4CCN(C(=O)COc5ccc(Cl)cc5)CC4)nc3s2)c1. The number of aromatic nitrogens is 3. The van der Waals surface area contributed by atoms with Crippen molar-refractivity contribution < 1.29 is 14.3 Å². The van der Waals surface area contributed by atoms with Crippen molar-refractivity contribution in [2.75, 3.05) is 39.9 Å². The van der Waals surface area contributed by atoms with Crippen LogP contribution >= 0.6 is 22.9 Å². The summed E-state index contributed by atoms with van der Waals surface area (Å²) in [6, 6.07) is 16.0. The fourth-order valence-corrected chi connectivity index (χ4v) is 5.01. The van der Waals surface area contributed by atoms with Crippen molar-refractivity contribution in [3.05, 3.63) is 75.7 Å². The van der Waals surface area contributed by atoms with Gasteiger partial charge in [0.2, 0.25) is 4.96 Å². The first kappa shape index (κ1) is 24.2. The van der Waals surface area contributed by atoms with E-state index in [0.29, 0.717) is 59.2 Å². The Balaban J connectivity index is 1.19. The Hall–Kier alpha value is -3.47. The normalized spacial score (nSPS) is 14.2. The molecule has 36 heavy (non-hydrogen) atoms. The smallest absolute Gasteiger partial charge is 0.275 e. The number of ether oxygens (including phenoxy) is 2. The Morgan fingerprint density at radius 2 is 1.83 bits per heavy atom. The Morgan fingerprint density at radius 3 is 2.58 bits per heavy atom. The number of methoxy groups -OCH3 is 1. The third-order valence-corrected chi connectivity index (χ3v) is 7.11. The maximum absolute atomic E-state index is 12.7. The fraction of sp³-hybridized carbons (Fsp3) is 0.280. The number of carbonyl (C=O) groups is 1. The van der Waals surface area contributed by atoms with Crippen LogP contribution in [0.1, 0.15) is 5.69 Å². The molecule has 0 bridgehead atoms. The molecule has 3 heterocycles. The summed E-state index contributed by atoms with van der Waals surface area (Å²) in [5, 5.41) is 5.76. The third-order valence-electron chi connectivity index (χ3n) is 5.90. The van der Waals surface area contributed by atoms with E-state index in [0.717, 1.165) is 11.3 Å². The quantitative estimate of drug-likeness (QED) is 0.366. The average molecular weight is 526 g/mol. The highest BCUT2D eigenvalue weighted by Gasteiger charge is 2.22. The van der Waals surface area contributed by atoms with Gasteiger partial charge in [-0.2, -0.15) is 9.61 Å². The lowest BCUT2D eigenvalue weighted by Gasteiger charge is -2.34. The minimum absolute atomic E-state index is 0.0162. The van der Waals surface area contributed by atoms with Gasteiger partial charge in [-0.05, 0) is 36.4 Å². The van der Waals surface area contributed by atoms with Crippen molar-refractivity contribution in [3.63, 3.8) is 0 Å². The molecule has 186 valence electrons. The molecule has 1 amide bonds. The van der Waals surface area contributed by atoms with E-state index >= 15 is 0 Å². The lowest BCUT2D eigenvalue weighted by Crippen LogP contribution is -2.49. The van der Waals surface area contributed by atoms with E-state index in [1.165, 1.54) is 21.9 Å². The van der Waals surface area contributed by atoms with Gasteiger partial charge >= 0.3 is 0 Å². The van der Waals surface area contributed by atoms with E-state index in [-0.39, 0.29) is 18.1 Å². The predicted molar refractivity (Wildman–Crippen MR) is 138 cm³/mol. The summed E-state index contributed by atoms with van der Waals surface area (Å²) in [5.41, 5.74) is 1.34. The lowest BCUT2D eigenvalue weighted by atomic mass is 10.2. The van der Waals surface area contributed by atoms with E-state index in [9.17, 15) is 9.59 Å². The molecule has 11 heteroatoms. The van der Waals surface area contributed by atoms with Crippen LogP contribution < -0.4 is 15.0 Å². The second kappa shape index (κ2) is 10.7. The molecule has 2 aromatic carbocycles. The molecule has 9 nitrogen and oxygen atoms in total. The molecule has 0 aliphatic carbocycles. The first-order chi connectivity index (χ1) is 17.5. The molecule has 1 fully saturated rings. The molecule has 0 spiro atoms. The Kier molecular flexibility index (Phi) is 7.17. The second-order valence-corrected chi connectivity index (χ2v) is 9.71. The van der Waals surface area contributed by atoms with Crippen molar-refractivity contribution >= 4 is 33.8 Å². The summed E-state index contributed by atoms with van der Waals surface area (Å²) >= 11 is 7.24. The number of rotatable bonds is 7. The largest absolute Gasteiger partial charge is 0.497 e. The summed E-state index contributed by atoms with van der Waals surface area (Å²) in [5.74, 6) is 1.27. The Labute approximate surface area is 216 Å². The molecule has 0 N–H and O–H groups in total. The zero-order valence-corrected chi connectivity index (χ0v) is 21.2. The Bertz CT molecular complexity index is 1430. The van der Waals surface area contributed by atoms with Crippen LogP contribution in [0.15, 0.2) is 59.4 Å². The molecule has 0 radical (unpaired) electrons. The highest BCUT2D eigenvalue weighted by atomic mass is 35.5. The molecular weight excluding hydrogens is 502 g/mol. The molecule has 1 aliphatic rings. The van der Waals surface area contributed by atoms with Crippen LogP contribution in [-0.4, -0.2) is 70.2 Å². The predicted octanol–water partition coefficient (Wildman–Crippen LogP) is 3.20. The number of hydrogen-bond acceptors (Lipinski definition) is 8. The van der Waals surface area contributed by atoms with Crippen LogP contribution in [0.25, 0.3) is 15.5 Å². The van der Waals surface area contributed by atoms with Gasteiger partial charge in [-0.1, -0.05) is 35.1 Å². The van der Waals surface area contributed by atoms with Crippen molar-refractivity contribution in [1.29, 1.82) is 0 Å². The number of amides is 1. The number of nitrogens with zero attached hydrogens (tertiary/aromatic N) is 5. The molecule has 1 aliphatic heterocycles. The van der Waals surface area contributed by atoms with E-state index in [2.05, 4.69) is 15.0 Å². The van der Waals surface area contributed by atoms with Gasteiger partial charge in [-0.15, -0.1) is 0 Å². The maximum atomic E-state index is 12.7. The first-order valence-electron chi connectivity index (χ1n) is 11.4. The first-order valence-corrected chi connectivity index (χ1v) is 12.6. The van der Waals surface area contributed by atoms with Crippen LogP contribution in [0, 0.1) is 0 Å². The summed E-state index contributed by atoms with van der Waals surface area (Å²) in [7, 11) is 1.61. The van der Waals surface area contributed by atoms with Crippen molar-refractivity contribution in [1.82, 2.24) is 24.4 Å². The maximum Gasteiger partial charge on any atom is 0.275 e. The van der Waals surface area contributed by atoms with Gasteiger partial charge in [0.1, 0.15) is 16.5 Å². The molecule has 1 saturated heterocycles. The van der Waals surface area contributed by atoms with Gasteiger partial charge in [-0.25, -0.2) is 4.98 Å². The molecule has 0 saturated carbocycles. The molecule has 5 rings (SSSR count). The molecule has 4 aromatic rings. The van der Waals surface area contributed by atoms with E-state index in [1.807, 2.05) is 24.3 Å². The van der Waals surface area contributed by atoms with Gasteiger partial charge < -0.3 is 14.4 Å². The monoisotopic (exact) mass is 525 g/mol. The topological polar surface area (TPSA) is 89.3 Å². The van der Waals surface area contributed by atoms with E-state index in [1.54, 1.807) is 36.3 Å². The average Bonchev–Trinajstić information content (AvgIpc) is 3.34. The van der Waals surface area contributed by atoms with Crippen molar-refractivity contribution in [2.45, 2.75) is 6.54 Å². The lowest BCUT2D eigenvalue weighted by molar-refractivity contribution is -0.135. The standard InChI is InChI=1S/C25H24ClN5O4S/c1-34-21-4-2-3-17(13-21)24-28-31-22(32)14-19(27-25(31)36-24)15-29-9-11-30(12-10-29)23(33)16-35-20-7-5-18(26)6-8-20/h2-8,13-14H,9-12,15-16H2,1H3. The Morgan fingerprint density at radius 1 is 1.06 bits per heavy atom. The minimum Gasteiger partial charge on any atom is -0.497 e. The second-order valence-electron chi connectivity index (χ2n) is 8.32. The number of halogens is 1. The van der Waals surface area contributed by atoms with Gasteiger partial charge in [0.15, 0.2) is 6.61 Å². The number of carbonyl (C=O) groups excluding carboxylic acids is 1. The number of piperazine rings is 1. The minimum atomic E-state index is -0.214. The summed E-state index contributed by atoms with van der Waals surface area (Å²) in [6.45, 7) is 3.06. The van der Waals surface area contributed by atoms with Gasteiger partial charge in [-0.3, -0.25) is 14.5 Å². The van der Waals surface area contributed by atoms with Crippen LogP contribution in [0.4, 0.5) is 0 Å². The molecule has 2 aromatic heterocycles. The number of benzene rings is 2. The molecular formula is C25H24ClN5O4S. The van der Waals surface area contributed by atoms with Gasteiger partial charge in [0.25, 0.3) is 11.5 Å². The number of hydrogen-bond donors (Lipinski definition) is 0. The summed E-state index contributed by atoms with van der Waals surface area (Å²) in [4.78, 5) is 34.5. The van der Waals surface area contributed by atoms with Gasteiger partial charge in [0.05, 0.1) is 12.8 Å². The van der Waals surface area contributed by atoms with Crippen LogP contribution in [0.5, 0.6) is 11.5 Å². The van der Waals surface area contributed by atoms with E-state index in [4.69, 9.17) is 21.1 Å². The van der Waals surface area contributed by atoms with Gasteiger partial charge in [0, 0.05) is 49.4 Å². The van der Waals surface area contributed by atoms with Crippen LogP contribution in [-0.2, 0) is 11.3 Å². The highest BCUT2D eigenvalue weighted by molar-refractivity contribution is 7.19. The van der Waals surface area contributed by atoms with E-state index < -0.39 is 0 Å². The number of fused-ring (bicyclic) bond motifs is 1.